The minimum absolute atomic E-state index is 0.00115. The summed E-state index contributed by atoms with van der Waals surface area (Å²) < 4.78 is 56.8. The van der Waals surface area contributed by atoms with Gasteiger partial charge in [-0.15, -0.1) is 0 Å². The SMILES string of the molecule is [2H]c1c(F)c(C(C)(C)C)c([2H])[n+](C)c1-c1c(C)ccc2c1oc1c(-c3ccc(-c4ccccc4)cc3)c(F)ccc12. The minimum atomic E-state index is -0.714. The molecule has 0 fully saturated rings. The molecule has 2 aromatic heterocycles. The average Bonchev–Trinajstić information content (AvgIpc) is 3.31. The van der Waals surface area contributed by atoms with Gasteiger partial charge in [-0.05, 0) is 46.7 Å². The average molecular weight is 521 g/mol. The van der Waals surface area contributed by atoms with Gasteiger partial charge < -0.3 is 4.42 Å². The predicted octanol–water partition coefficient (Wildman–Crippen LogP) is 9.30. The molecule has 0 spiro atoms. The van der Waals surface area contributed by atoms with E-state index in [0.717, 1.165) is 27.5 Å². The van der Waals surface area contributed by atoms with E-state index in [1.54, 1.807) is 17.7 Å². The molecule has 0 bridgehead atoms. The molecule has 0 aliphatic carbocycles. The van der Waals surface area contributed by atoms with Crippen LogP contribution < -0.4 is 4.57 Å². The maximum atomic E-state index is 15.7. The van der Waals surface area contributed by atoms with Crippen LogP contribution in [0.5, 0.6) is 0 Å². The molecule has 2 heterocycles. The van der Waals surface area contributed by atoms with Crippen molar-refractivity contribution in [3.63, 3.8) is 0 Å². The molecule has 4 heteroatoms. The highest BCUT2D eigenvalue weighted by molar-refractivity contribution is 6.13. The van der Waals surface area contributed by atoms with E-state index in [1.807, 2.05) is 94.4 Å². The van der Waals surface area contributed by atoms with E-state index < -0.39 is 17.0 Å². The number of benzene rings is 4. The molecule has 39 heavy (non-hydrogen) atoms. The number of fused-ring (bicyclic) bond motifs is 3. The summed E-state index contributed by atoms with van der Waals surface area (Å²) in [6.45, 7) is 7.35. The van der Waals surface area contributed by atoms with E-state index in [0.29, 0.717) is 27.9 Å². The summed E-state index contributed by atoms with van der Waals surface area (Å²) in [6.07, 6.45) is -0.00115. The summed E-state index contributed by atoms with van der Waals surface area (Å²) in [7, 11) is 1.67. The van der Waals surface area contributed by atoms with Gasteiger partial charge in [0.05, 0.1) is 18.1 Å². The van der Waals surface area contributed by atoms with Gasteiger partial charge >= 0.3 is 0 Å². The van der Waals surface area contributed by atoms with Gasteiger partial charge in [-0.3, -0.25) is 0 Å². The zero-order valence-electron chi connectivity index (χ0n) is 24.6. The number of nitrogens with zero attached hydrogens (tertiary/aromatic N) is 1. The summed E-state index contributed by atoms with van der Waals surface area (Å²) in [5.74, 6) is -1.13. The van der Waals surface area contributed by atoms with Gasteiger partial charge in [0, 0.05) is 16.8 Å². The zero-order chi connectivity index (χ0) is 29.2. The van der Waals surface area contributed by atoms with E-state index in [2.05, 4.69) is 0 Å². The number of pyridine rings is 1. The van der Waals surface area contributed by atoms with Gasteiger partial charge in [0.2, 0.25) is 5.69 Å². The first-order chi connectivity index (χ1) is 19.5. The normalized spacial score (nSPS) is 12.7. The Kier molecular flexibility index (Phi) is 5.32. The molecule has 0 radical (unpaired) electrons. The quantitative estimate of drug-likeness (QED) is 0.213. The van der Waals surface area contributed by atoms with Crippen LogP contribution in [0.3, 0.4) is 0 Å². The van der Waals surface area contributed by atoms with Crippen molar-refractivity contribution in [2.45, 2.75) is 33.1 Å². The van der Waals surface area contributed by atoms with Crippen LogP contribution in [-0.2, 0) is 12.5 Å². The number of halogens is 2. The number of hydrogen-bond donors (Lipinski definition) is 0. The predicted molar refractivity (Wildman–Crippen MR) is 155 cm³/mol. The van der Waals surface area contributed by atoms with Gasteiger partial charge in [-0.2, -0.15) is 0 Å². The first-order valence-electron chi connectivity index (χ1n) is 14.0. The molecular formula is C35H30F2NO+. The Hall–Kier alpha value is -4.31. The second-order valence-corrected chi connectivity index (χ2v) is 11.1. The van der Waals surface area contributed by atoms with Crippen molar-refractivity contribution in [2.75, 3.05) is 0 Å². The fourth-order valence-electron chi connectivity index (χ4n) is 5.25. The summed E-state index contributed by atoms with van der Waals surface area (Å²) in [6, 6.07) is 24.3. The van der Waals surface area contributed by atoms with E-state index in [1.165, 1.54) is 6.07 Å². The number of rotatable bonds is 3. The third-order valence-corrected chi connectivity index (χ3v) is 7.30. The van der Waals surface area contributed by atoms with Gasteiger partial charge in [-0.25, -0.2) is 13.3 Å². The van der Waals surface area contributed by atoms with Gasteiger partial charge in [0.25, 0.3) is 0 Å². The Bertz CT molecular complexity index is 1940. The van der Waals surface area contributed by atoms with E-state index in [-0.39, 0.29) is 23.5 Å². The lowest BCUT2D eigenvalue weighted by Crippen LogP contribution is -2.34. The molecule has 194 valence electrons. The zero-order valence-corrected chi connectivity index (χ0v) is 22.6. The topological polar surface area (TPSA) is 17.0 Å². The van der Waals surface area contributed by atoms with Crippen LogP contribution in [0.25, 0.3) is 55.4 Å². The maximum absolute atomic E-state index is 15.7. The molecule has 0 atom stereocenters. The van der Waals surface area contributed by atoms with Gasteiger partial charge in [-0.1, -0.05) is 87.5 Å². The first-order valence-corrected chi connectivity index (χ1v) is 13.0. The molecule has 2 nitrogen and oxygen atoms in total. The van der Waals surface area contributed by atoms with Crippen molar-refractivity contribution in [3.05, 3.63) is 114 Å². The molecule has 0 saturated carbocycles. The molecule has 0 N–H and O–H groups in total. The highest BCUT2D eigenvalue weighted by Gasteiger charge is 2.28. The Morgan fingerprint density at radius 1 is 0.718 bits per heavy atom. The summed E-state index contributed by atoms with van der Waals surface area (Å²) in [5, 5.41) is 1.45. The summed E-state index contributed by atoms with van der Waals surface area (Å²) in [5.41, 5.74) is 4.97. The van der Waals surface area contributed by atoms with Crippen molar-refractivity contribution in [2.24, 2.45) is 7.05 Å². The van der Waals surface area contributed by atoms with E-state index in [9.17, 15) is 0 Å². The van der Waals surface area contributed by atoms with E-state index >= 15 is 8.78 Å². The first kappa shape index (κ1) is 22.7. The Morgan fingerprint density at radius 3 is 1.97 bits per heavy atom. The number of hydrogen-bond acceptors (Lipinski definition) is 1. The molecule has 0 aliphatic rings. The van der Waals surface area contributed by atoms with Crippen LogP contribution in [-0.4, -0.2) is 0 Å². The van der Waals surface area contributed by atoms with E-state index in [4.69, 9.17) is 7.16 Å². The molecule has 0 unspecified atom stereocenters. The molecule has 4 aromatic carbocycles. The standard InChI is InChI=1S/C35H30F2NO/c1-21-11-16-25-26-17-18-28(36)32(24-14-12-23(13-15-24)22-9-7-6-8-10-22)34(26)39-33(25)31(21)30-19-29(37)27(20-38(30)5)35(2,3)4/h6-20H,1-5H3/q+1/i19D,20D. The molecule has 6 rings (SSSR count). The fraction of sp³-hybridized carbons (Fsp3) is 0.171. The minimum Gasteiger partial charge on any atom is -0.454 e. The van der Waals surface area contributed by atoms with Gasteiger partial charge in [0.1, 0.15) is 31.2 Å². The number of furan rings is 1. The number of aryl methyl sites for hydroxylation is 1. The maximum Gasteiger partial charge on any atom is 0.219 e. The lowest BCUT2D eigenvalue weighted by molar-refractivity contribution is -0.661. The Labute approximate surface area is 230 Å². The molecule has 6 aromatic rings. The van der Waals surface area contributed by atoms with Crippen LogP contribution >= 0.6 is 0 Å². The van der Waals surface area contributed by atoms with Crippen LogP contribution in [0.4, 0.5) is 8.78 Å². The summed E-state index contributed by atoms with van der Waals surface area (Å²) >= 11 is 0. The largest absolute Gasteiger partial charge is 0.454 e. The van der Waals surface area contributed by atoms with Crippen LogP contribution in [0, 0.1) is 18.6 Å². The van der Waals surface area contributed by atoms with Crippen molar-refractivity contribution in [3.8, 4) is 33.5 Å². The fourth-order valence-corrected chi connectivity index (χ4v) is 5.25. The molecule has 0 saturated heterocycles. The second kappa shape index (κ2) is 9.16. The molecule has 0 aliphatic heterocycles. The molecule has 0 amide bonds. The van der Waals surface area contributed by atoms with Crippen LogP contribution in [0.2, 0.25) is 0 Å². The molecular weight excluding hydrogens is 488 g/mol. The lowest BCUT2D eigenvalue weighted by atomic mass is 9.87. The lowest BCUT2D eigenvalue weighted by Gasteiger charge is -2.18. The Balaban J connectivity index is 1.61. The Morgan fingerprint density at radius 2 is 1.31 bits per heavy atom. The monoisotopic (exact) mass is 520 g/mol. The number of aromatic nitrogens is 1. The third kappa shape index (κ3) is 4.21. The van der Waals surface area contributed by atoms with Crippen molar-refractivity contribution in [1.29, 1.82) is 0 Å². The summed E-state index contributed by atoms with van der Waals surface area (Å²) in [4.78, 5) is 0. The highest BCUT2D eigenvalue weighted by Crippen LogP contribution is 2.42. The smallest absolute Gasteiger partial charge is 0.219 e. The second-order valence-electron chi connectivity index (χ2n) is 11.1. The van der Waals surface area contributed by atoms with Crippen molar-refractivity contribution in [1.82, 2.24) is 0 Å². The highest BCUT2D eigenvalue weighted by atomic mass is 19.1. The van der Waals surface area contributed by atoms with Crippen molar-refractivity contribution >= 4 is 21.9 Å². The third-order valence-electron chi connectivity index (χ3n) is 7.30. The van der Waals surface area contributed by atoms with Gasteiger partial charge in [0.15, 0.2) is 6.17 Å². The van der Waals surface area contributed by atoms with Crippen LogP contribution in [0.1, 0.15) is 34.6 Å². The van der Waals surface area contributed by atoms with Crippen molar-refractivity contribution < 1.29 is 20.5 Å². The van der Waals surface area contributed by atoms with Crippen LogP contribution in [0.15, 0.2) is 95.5 Å².